The quantitative estimate of drug-likeness (QED) is 0.442. The number of nitrogens with zero attached hydrogens (tertiary/aromatic N) is 1. The van der Waals surface area contributed by atoms with Gasteiger partial charge in [0, 0.05) is 41.2 Å². The summed E-state index contributed by atoms with van der Waals surface area (Å²) in [5.74, 6) is -1.63. The van der Waals surface area contributed by atoms with Crippen LogP contribution < -0.4 is 10.2 Å². The van der Waals surface area contributed by atoms with Crippen molar-refractivity contribution >= 4 is 35.1 Å². The normalized spacial score (nSPS) is 15.5. The molecular formula is C27H33ClN2O5. The number of halogens is 1. The van der Waals surface area contributed by atoms with Crippen LogP contribution >= 0.6 is 11.6 Å². The molecule has 1 aliphatic rings. The van der Waals surface area contributed by atoms with Crippen molar-refractivity contribution < 1.29 is 24.6 Å². The number of carboxylic acids is 2. The maximum Gasteiger partial charge on any atom is 0.328 e. The zero-order valence-electron chi connectivity index (χ0n) is 20.1. The molecule has 0 radical (unpaired) electrons. The highest BCUT2D eigenvalue weighted by Crippen LogP contribution is 2.36. The van der Waals surface area contributed by atoms with E-state index in [1.54, 1.807) is 0 Å². The Bertz CT molecular complexity index is 972. The van der Waals surface area contributed by atoms with Gasteiger partial charge < -0.3 is 20.4 Å². The number of piperidine rings is 1. The summed E-state index contributed by atoms with van der Waals surface area (Å²) < 4.78 is 0. The number of carbonyl (C=O) groups is 3. The molecule has 2 atom stereocenters. The van der Waals surface area contributed by atoms with Gasteiger partial charge in [-0.2, -0.15) is 0 Å². The summed E-state index contributed by atoms with van der Waals surface area (Å²) >= 11 is 6.10. The summed E-state index contributed by atoms with van der Waals surface area (Å²) in [5, 5.41) is 19.8. The Labute approximate surface area is 211 Å². The molecule has 1 amide bonds. The molecule has 0 saturated carbocycles. The Morgan fingerprint density at radius 1 is 1.00 bits per heavy atom. The SMILES string of the molecule is CCC(=O)N(c1ccc(Cl)cc1)C(C1CCNCC1)C(C)c1ccccc1.O=C(O)/C=C/C(=O)O. The molecule has 1 heterocycles. The molecule has 2 aromatic carbocycles. The fourth-order valence-electron chi connectivity index (χ4n) is 4.38. The summed E-state index contributed by atoms with van der Waals surface area (Å²) in [6.45, 7) is 6.22. The number of carbonyl (C=O) groups excluding carboxylic acids is 1. The van der Waals surface area contributed by atoms with Crippen molar-refractivity contribution in [3.05, 3.63) is 77.3 Å². The number of aliphatic carboxylic acids is 2. The van der Waals surface area contributed by atoms with Crippen LogP contribution in [0.1, 0.15) is 44.6 Å². The lowest BCUT2D eigenvalue weighted by Gasteiger charge is -2.42. The molecule has 1 saturated heterocycles. The van der Waals surface area contributed by atoms with Gasteiger partial charge in [0.05, 0.1) is 0 Å². The van der Waals surface area contributed by atoms with Crippen LogP contribution in [0.4, 0.5) is 5.69 Å². The third kappa shape index (κ3) is 8.85. The molecule has 188 valence electrons. The van der Waals surface area contributed by atoms with Crippen LogP contribution in [0.3, 0.4) is 0 Å². The minimum atomic E-state index is -1.26. The molecule has 0 aromatic heterocycles. The summed E-state index contributed by atoms with van der Waals surface area (Å²) in [7, 11) is 0. The van der Waals surface area contributed by atoms with Crippen LogP contribution in [0.25, 0.3) is 0 Å². The van der Waals surface area contributed by atoms with E-state index < -0.39 is 11.9 Å². The first-order valence-corrected chi connectivity index (χ1v) is 12.1. The molecule has 1 fully saturated rings. The molecule has 3 rings (SSSR count). The standard InChI is InChI=1S/C23H29ClN2O.C4H4O4/c1-3-22(27)26(21-11-9-20(24)10-12-21)23(19-13-15-25-16-14-19)17(2)18-7-5-4-6-8-18;5-3(6)1-2-4(7)8/h4-12,17,19,23,25H,3,13-16H2,1-2H3;1-2H,(H,5,6)(H,7,8)/b;2-1+. The van der Waals surface area contributed by atoms with E-state index in [0.29, 0.717) is 29.5 Å². The smallest absolute Gasteiger partial charge is 0.328 e. The fraction of sp³-hybridized carbons (Fsp3) is 0.370. The van der Waals surface area contributed by atoms with Gasteiger partial charge in [0.25, 0.3) is 0 Å². The number of nitrogens with one attached hydrogen (secondary N) is 1. The summed E-state index contributed by atoms with van der Waals surface area (Å²) in [6, 6.07) is 18.4. The molecular weight excluding hydrogens is 468 g/mol. The average Bonchev–Trinajstić information content (AvgIpc) is 2.87. The predicted molar refractivity (Wildman–Crippen MR) is 138 cm³/mol. The molecule has 0 aliphatic carbocycles. The zero-order valence-corrected chi connectivity index (χ0v) is 20.8. The summed E-state index contributed by atoms with van der Waals surface area (Å²) in [6.07, 6.45) is 3.78. The van der Waals surface area contributed by atoms with Gasteiger partial charge in [-0.15, -0.1) is 0 Å². The molecule has 2 unspecified atom stereocenters. The van der Waals surface area contributed by atoms with Gasteiger partial charge in [-0.25, -0.2) is 9.59 Å². The van der Waals surface area contributed by atoms with Crippen molar-refractivity contribution in [2.24, 2.45) is 5.92 Å². The highest BCUT2D eigenvalue weighted by atomic mass is 35.5. The predicted octanol–water partition coefficient (Wildman–Crippen LogP) is 4.97. The van der Waals surface area contributed by atoms with Crippen LogP contribution in [0.2, 0.25) is 5.02 Å². The van der Waals surface area contributed by atoms with Crippen LogP contribution in [-0.2, 0) is 14.4 Å². The molecule has 8 heteroatoms. The van der Waals surface area contributed by atoms with Crippen LogP contribution in [0.15, 0.2) is 66.7 Å². The minimum absolute atomic E-state index is 0.128. The van der Waals surface area contributed by atoms with Crippen LogP contribution in [-0.4, -0.2) is 47.2 Å². The van der Waals surface area contributed by atoms with E-state index in [9.17, 15) is 14.4 Å². The van der Waals surface area contributed by atoms with Gasteiger partial charge in [0.2, 0.25) is 5.91 Å². The lowest BCUT2D eigenvalue weighted by molar-refractivity contribution is -0.134. The van der Waals surface area contributed by atoms with Crippen molar-refractivity contribution in [1.82, 2.24) is 5.32 Å². The van der Waals surface area contributed by atoms with E-state index in [2.05, 4.69) is 36.5 Å². The fourth-order valence-corrected chi connectivity index (χ4v) is 4.51. The molecule has 1 aliphatic heterocycles. The number of benzene rings is 2. The lowest BCUT2D eigenvalue weighted by atomic mass is 9.79. The van der Waals surface area contributed by atoms with Gasteiger partial charge in [-0.1, -0.05) is 55.8 Å². The average molecular weight is 501 g/mol. The van der Waals surface area contributed by atoms with Crippen molar-refractivity contribution in [2.75, 3.05) is 18.0 Å². The second-order valence-corrected chi connectivity index (χ2v) is 8.82. The number of carboxylic acid groups (broad SMARTS) is 2. The number of hydrogen-bond donors (Lipinski definition) is 3. The van der Waals surface area contributed by atoms with E-state index >= 15 is 0 Å². The molecule has 35 heavy (non-hydrogen) atoms. The van der Waals surface area contributed by atoms with Crippen molar-refractivity contribution in [2.45, 2.75) is 45.1 Å². The van der Waals surface area contributed by atoms with Crippen molar-refractivity contribution in [1.29, 1.82) is 0 Å². The maximum absolute atomic E-state index is 13.1. The van der Waals surface area contributed by atoms with Crippen molar-refractivity contribution in [3.8, 4) is 0 Å². The van der Waals surface area contributed by atoms with Gasteiger partial charge >= 0.3 is 11.9 Å². The number of hydrogen-bond acceptors (Lipinski definition) is 4. The second-order valence-electron chi connectivity index (χ2n) is 8.38. The lowest BCUT2D eigenvalue weighted by Crippen LogP contribution is -2.50. The summed E-state index contributed by atoms with van der Waals surface area (Å²) in [4.78, 5) is 34.2. The third-order valence-electron chi connectivity index (χ3n) is 6.05. The van der Waals surface area contributed by atoms with Gasteiger partial charge in [-0.3, -0.25) is 4.79 Å². The monoisotopic (exact) mass is 500 g/mol. The number of anilines is 1. The van der Waals surface area contributed by atoms with E-state index in [4.69, 9.17) is 21.8 Å². The summed E-state index contributed by atoms with van der Waals surface area (Å²) in [5.41, 5.74) is 2.22. The Hall–Kier alpha value is -3.16. The van der Waals surface area contributed by atoms with Crippen molar-refractivity contribution in [3.63, 3.8) is 0 Å². The molecule has 2 aromatic rings. The minimum Gasteiger partial charge on any atom is -0.478 e. The first-order chi connectivity index (χ1) is 16.7. The molecule has 3 N–H and O–H groups in total. The van der Waals surface area contributed by atoms with Gasteiger partial charge in [0.15, 0.2) is 0 Å². The first-order valence-electron chi connectivity index (χ1n) is 11.7. The first kappa shape index (κ1) is 28.1. The number of rotatable bonds is 8. The van der Waals surface area contributed by atoms with Crippen LogP contribution in [0, 0.1) is 5.92 Å². The van der Waals surface area contributed by atoms with E-state index in [0.717, 1.165) is 31.6 Å². The van der Waals surface area contributed by atoms with E-state index in [1.165, 1.54) is 5.56 Å². The Morgan fingerprint density at radius 2 is 1.54 bits per heavy atom. The third-order valence-corrected chi connectivity index (χ3v) is 6.30. The van der Waals surface area contributed by atoms with E-state index in [1.807, 2.05) is 42.2 Å². The Morgan fingerprint density at radius 3 is 2.03 bits per heavy atom. The molecule has 0 bridgehead atoms. The molecule has 0 spiro atoms. The zero-order chi connectivity index (χ0) is 25.8. The van der Waals surface area contributed by atoms with Gasteiger partial charge in [0.1, 0.15) is 0 Å². The molecule has 7 nitrogen and oxygen atoms in total. The second kappa shape index (κ2) is 14.3. The van der Waals surface area contributed by atoms with Crippen LogP contribution in [0.5, 0.6) is 0 Å². The number of amides is 1. The highest BCUT2D eigenvalue weighted by molar-refractivity contribution is 6.30. The Balaban J connectivity index is 0.000000466. The van der Waals surface area contributed by atoms with E-state index in [-0.39, 0.29) is 17.9 Å². The maximum atomic E-state index is 13.1. The Kier molecular flexibility index (Phi) is 11.5. The van der Waals surface area contributed by atoms with Gasteiger partial charge in [-0.05, 0) is 61.7 Å². The topological polar surface area (TPSA) is 107 Å². The largest absolute Gasteiger partial charge is 0.478 e. The highest BCUT2D eigenvalue weighted by Gasteiger charge is 2.36.